The van der Waals surface area contributed by atoms with E-state index in [1.807, 2.05) is 0 Å². The Morgan fingerprint density at radius 1 is 0.750 bits per heavy atom. The van der Waals surface area contributed by atoms with Gasteiger partial charge in [0.2, 0.25) is 0 Å². The fourth-order valence-electron chi connectivity index (χ4n) is 2.60. The minimum absolute atomic E-state index is 0. The second-order valence-corrected chi connectivity index (χ2v) is 10.6. The summed E-state index contributed by atoms with van der Waals surface area (Å²) in [6, 6.07) is 11.0. The van der Waals surface area contributed by atoms with E-state index in [-0.39, 0.29) is 51.4 Å². The van der Waals surface area contributed by atoms with E-state index in [0.717, 1.165) is 0 Å². The summed E-state index contributed by atoms with van der Waals surface area (Å²) in [5, 5.41) is 2.37. The van der Waals surface area contributed by atoms with E-state index in [9.17, 15) is 0 Å². The molecule has 0 nitrogen and oxygen atoms in total. The van der Waals surface area contributed by atoms with Gasteiger partial charge in [0.05, 0.1) is 0 Å². The first kappa shape index (κ1) is 17.1. The molecule has 0 saturated carbocycles. The van der Waals surface area contributed by atoms with Crippen molar-refractivity contribution in [3.8, 4) is 0 Å². The molecular weight excluding hydrogens is 235 g/mol. The number of benzene rings is 1. The van der Waals surface area contributed by atoms with Gasteiger partial charge < -0.3 is 0 Å². The van der Waals surface area contributed by atoms with E-state index in [2.05, 4.69) is 71.9 Å². The third-order valence-corrected chi connectivity index (χ3v) is 6.47. The first-order chi connectivity index (χ1) is 6.73. The van der Waals surface area contributed by atoms with Gasteiger partial charge in [-0.1, -0.05) is 71.9 Å². The van der Waals surface area contributed by atoms with E-state index in [4.69, 9.17) is 0 Å². The molecule has 0 aromatic heterocycles. The summed E-state index contributed by atoms with van der Waals surface area (Å²) in [7, 11) is -0.553. The summed E-state index contributed by atoms with van der Waals surface area (Å²) in [6.07, 6.45) is 0. The second kappa shape index (κ2) is 6.30. The van der Waals surface area contributed by atoms with Gasteiger partial charge in [0.25, 0.3) is 0 Å². The molecule has 0 aliphatic heterocycles. The Morgan fingerprint density at radius 2 is 1.12 bits per heavy atom. The van der Waals surface area contributed by atoms with Crippen LogP contribution in [0.3, 0.4) is 0 Å². The van der Waals surface area contributed by atoms with Crippen LogP contribution in [-0.2, 0) is 0 Å². The van der Waals surface area contributed by atoms with Crippen molar-refractivity contribution >= 4 is 14.0 Å². The topological polar surface area (TPSA) is 0 Å². The average Bonchev–Trinajstić information content (AvgIpc) is 2.00. The second-order valence-electron chi connectivity index (χ2n) is 6.24. The molecule has 0 bridgehead atoms. The number of rotatable bonds is 1. The maximum atomic E-state index is 2.37. The smallest absolute Gasteiger partial charge is 0.272 e. The predicted molar refractivity (Wildman–Crippen MR) is 71.3 cm³/mol. The zero-order valence-electron chi connectivity index (χ0n) is 11.9. The van der Waals surface area contributed by atoms with Crippen molar-refractivity contribution in [3.05, 3.63) is 30.3 Å². The van der Waals surface area contributed by atoms with Crippen LogP contribution in [0.1, 0.15) is 41.5 Å². The molecule has 0 amide bonds. The van der Waals surface area contributed by atoms with Crippen molar-refractivity contribution in [2.75, 3.05) is 0 Å². The van der Waals surface area contributed by atoms with Crippen molar-refractivity contribution in [1.29, 1.82) is 0 Å². The van der Waals surface area contributed by atoms with Crippen molar-refractivity contribution in [1.82, 2.24) is 0 Å². The van der Waals surface area contributed by atoms with Gasteiger partial charge in [0, 0.05) is 0 Å². The fraction of sp³-hybridized carbons (Fsp3) is 0.571. The van der Waals surface area contributed by atoms with Crippen LogP contribution in [0.25, 0.3) is 0 Å². The van der Waals surface area contributed by atoms with Crippen molar-refractivity contribution in [3.63, 3.8) is 0 Å². The maximum absolute atomic E-state index is 2.37. The molecule has 16 heavy (non-hydrogen) atoms. The Balaban J connectivity index is 0.00000225. The van der Waals surface area contributed by atoms with Crippen molar-refractivity contribution in [2.24, 2.45) is 0 Å². The standard InChI is InChI=1S/C14H23Si.K/c1-13(2,3)15(14(4,5)6)12-10-8-7-9-11-12;/h7-11H,1-6H3;/q-1;+1. The molecule has 0 unspecified atom stereocenters. The average molecular weight is 259 g/mol. The maximum Gasteiger partial charge on any atom is 1.00 e. The zero-order valence-corrected chi connectivity index (χ0v) is 16.0. The SMILES string of the molecule is CC(C)(C)[Si-](c1ccccc1)C(C)(C)C.[K+]. The third-order valence-electron chi connectivity index (χ3n) is 2.56. The summed E-state index contributed by atoms with van der Waals surface area (Å²) in [6.45, 7) is 14.2. The molecular formula is C14H23KSi. The molecule has 0 saturated heterocycles. The number of hydrogen-bond acceptors (Lipinski definition) is 0. The normalized spacial score (nSPS) is 11.9. The Labute approximate surface area is 145 Å². The number of hydrogen-bond donors (Lipinski definition) is 0. The molecule has 2 heteroatoms. The van der Waals surface area contributed by atoms with Crippen LogP contribution < -0.4 is 56.6 Å². The molecule has 0 heterocycles. The van der Waals surface area contributed by atoms with Gasteiger partial charge in [-0.05, 0) is 0 Å². The summed E-state index contributed by atoms with van der Waals surface area (Å²) in [4.78, 5) is 0. The van der Waals surface area contributed by atoms with Crippen LogP contribution in [0.5, 0.6) is 0 Å². The largest absolute Gasteiger partial charge is 1.00 e. The van der Waals surface area contributed by atoms with Gasteiger partial charge in [-0.15, -0.1) is 0 Å². The van der Waals surface area contributed by atoms with Crippen LogP contribution in [0.2, 0.25) is 10.1 Å². The fourth-order valence-corrected chi connectivity index (χ4v) is 7.10. The van der Waals surface area contributed by atoms with Crippen LogP contribution in [0.15, 0.2) is 30.3 Å². The molecule has 0 radical (unpaired) electrons. The minimum Gasteiger partial charge on any atom is -0.272 e. The molecule has 0 spiro atoms. The molecule has 0 aliphatic rings. The van der Waals surface area contributed by atoms with Gasteiger partial charge >= 0.3 is 51.4 Å². The Kier molecular flexibility index (Phi) is 6.72. The summed E-state index contributed by atoms with van der Waals surface area (Å²) < 4.78 is 0. The quantitative estimate of drug-likeness (QED) is 0.659. The molecule has 0 aliphatic carbocycles. The predicted octanol–water partition coefficient (Wildman–Crippen LogP) is 0.993. The Morgan fingerprint density at radius 3 is 1.44 bits per heavy atom. The van der Waals surface area contributed by atoms with Crippen LogP contribution in [0.4, 0.5) is 0 Å². The van der Waals surface area contributed by atoms with Gasteiger partial charge in [-0.2, -0.15) is 15.3 Å². The van der Waals surface area contributed by atoms with Gasteiger partial charge in [-0.3, -0.25) is 8.80 Å². The van der Waals surface area contributed by atoms with Gasteiger partial charge in [-0.25, -0.2) is 0 Å². The van der Waals surface area contributed by atoms with Gasteiger partial charge in [0.15, 0.2) is 0 Å². The molecule has 84 valence electrons. The summed E-state index contributed by atoms with van der Waals surface area (Å²) in [5.74, 6) is 0. The first-order valence-corrected chi connectivity index (χ1v) is 7.16. The van der Waals surface area contributed by atoms with Crippen LogP contribution in [0, 0.1) is 0 Å². The molecule has 1 aromatic rings. The monoisotopic (exact) mass is 258 g/mol. The molecule has 1 rings (SSSR count). The van der Waals surface area contributed by atoms with Crippen LogP contribution >= 0.6 is 0 Å². The van der Waals surface area contributed by atoms with E-state index >= 15 is 0 Å². The molecule has 0 N–H and O–H groups in total. The zero-order chi connectivity index (χ0) is 11.7. The minimum atomic E-state index is -0.553. The third kappa shape index (κ3) is 4.75. The summed E-state index contributed by atoms with van der Waals surface area (Å²) >= 11 is 0. The van der Waals surface area contributed by atoms with Crippen molar-refractivity contribution in [2.45, 2.75) is 51.6 Å². The first-order valence-electron chi connectivity index (χ1n) is 5.66. The van der Waals surface area contributed by atoms with E-state index in [1.54, 1.807) is 5.19 Å². The van der Waals surface area contributed by atoms with E-state index < -0.39 is 8.80 Å². The molecule has 0 atom stereocenters. The van der Waals surface area contributed by atoms with Gasteiger partial charge in [0.1, 0.15) is 0 Å². The Hall–Kier alpha value is 1.07. The Bertz CT molecular complexity index is 292. The molecule has 1 aromatic carbocycles. The van der Waals surface area contributed by atoms with E-state index in [0.29, 0.717) is 10.1 Å². The molecule has 0 fully saturated rings. The van der Waals surface area contributed by atoms with Crippen LogP contribution in [-0.4, -0.2) is 8.80 Å². The summed E-state index contributed by atoms with van der Waals surface area (Å²) in [5.41, 5.74) is 0. The van der Waals surface area contributed by atoms with Crippen molar-refractivity contribution < 1.29 is 51.4 Å². The van der Waals surface area contributed by atoms with E-state index in [1.165, 1.54) is 0 Å².